The number of nitro benzene ring substituents is 1. The molecule has 0 aliphatic rings. The van der Waals surface area contributed by atoms with Crippen LogP contribution in [0.25, 0.3) is 0 Å². The Morgan fingerprint density at radius 3 is 2.46 bits per heavy atom. The molecule has 0 aromatic heterocycles. The number of phenolic OH excluding ortho intramolecular Hbond substituents is 1. The van der Waals surface area contributed by atoms with Crippen molar-refractivity contribution in [2.75, 3.05) is 5.32 Å². The number of hydrogen-bond donors (Lipinski definition) is 2. The summed E-state index contributed by atoms with van der Waals surface area (Å²) in [7, 11) is 0. The van der Waals surface area contributed by atoms with Crippen LogP contribution in [-0.2, 0) is 6.18 Å². The Balaban J connectivity index is 2.38. The van der Waals surface area contributed by atoms with Crippen molar-refractivity contribution in [3.05, 3.63) is 62.7 Å². The second kappa shape index (κ2) is 6.36. The summed E-state index contributed by atoms with van der Waals surface area (Å²) in [6.07, 6.45) is -4.97. The van der Waals surface area contributed by atoms with E-state index in [-0.39, 0.29) is 16.3 Å². The molecule has 0 bridgehead atoms. The lowest BCUT2D eigenvalue weighted by Crippen LogP contribution is -2.14. The zero-order chi connectivity index (χ0) is 18.1. The Kier molecular flexibility index (Phi) is 4.65. The van der Waals surface area contributed by atoms with Gasteiger partial charge in [-0.25, -0.2) is 0 Å². The molecular weight excluding hydrogens is 353 g/mol. The predicted molar refractivity (Wildman–Crippen MR) is 79.2 cm³/mol. The Hall–Kier alpha value is -2.81. The fourth-order valence-corrected chi connectivity index (χ4v) is 2.06. The van der Waals surface area contributed by atoms with Gasteiger partial charge in [-0.3, -0.25) is 14.9 Å². The molecule has 0 aliphatic carbocycles. The first kappa shape index (κ1) is 17.5. The van der Waals surface area contributed by atoms with Crippen LogP contribution in [0, 0.1) is 10.1 Å². The Bertz CT molecular complexity index is 824. The summed E-state index contributed by atoms with van der Waals surface area (Å²) in [5, 5.41) is 22.5. The van der Waals surface area contributed by atoms with E-state index >= 15 is 0 Å². The molecule has 6 nitrogen and oxygen atoms in total. The minimum atomic E-state index is -4.97. The average molecular weight is 361 g/mol. The maximum absolute atomic E-state index is 12.9. The molecule has 2 rings (SSSR count). The second-order valence-electron chi connectivity index (χ2n) is 4.60. The number of phenols is 1. The van der Waals surface area contributed by atoms with Crippen LogP contribution in [0.2, 0.25) is 5.02 Å². The molecule has 0 heterocycles. The van der Waals surface area contributed by atoms with Crippen LogP contribution in [0.1, 0.15) is 15.9 Å². The number of anilines is 1. The van der Waals surface area contributed by atoms with E-state index in [9.17, 15) is 33.2 Å². The van der Waals surface area contributed by atoms with Gasteiger partial charge >= 0.3 is 6.18 Å². The van der Waals surface area contributed by atoms with Gasteiger partial charge in [0, 0.05) is 16.8 Å². The van der Waals surface area contributed by atoms with Crippen LogP contribution in [-0.4, -0.2) is 15.9 Å². The zero-order valence-electron chi connectivity index (χ0n) is 11.6. The summed E-state index contributed by atoms with van der Waals surface area (Å²) in [6, 6.07) is 5.62. The van der Waals surface area contributed by atoms with Crippen molar-refractivity contribution in [1.29, 1.82) is 0 Å². The Morgan fingerprint density at radius 2 is 1.88 bits per heavy atom. The van der Waals surface area contributed by atoms with Gasteiger partial charge in [0.25, 0.3) is 11.6 Å². The minimum absolute atomic E-state index is 0.137. The molecule has 24 heavy (non-hydrogen) atoms. The highest BCUT2D eigenvalue weighted by atomic mass is 35.5. The molecular formula is C14H8ClF3N2O4. The molecule has 0 saturated carbocycles. The topological polar surface area (TPSA) is 92.5 Å². The van der Waals surface area contributed by atoms with E-state index in [2.05, 4.69) is 5.32 Å². The van der Waals surface area contributed by atoms with E-state index in [1.165, 1.54) is 6.07 Å². The third-order valence-electron chi connectivity index (χ3n) is 2.96. The van der Waals surface area contributed by atoms with Gasteiger partial charge in [-0.1, -0.05) is 11.6 Å². The second-order valence-corrected chi connectivity index (χ2v) is 5.04. The summed E-state index contributed by atoms with van der Waals surface area (Å²) in [4.78, 5) is 21.5. The monoisotopic (exact) mass is 360 g/mol. The van der Waals surface area contributed by atoms with Crippen LogP contribution >= 0.6 is 11.6 Å². The lowest BCUT2D eigenvalue weighted by Gasteiger charge is -2.11. The molecule has 0 radical (unpaired) electrons. The maximum Gasteiger partial charge on any atom is 0.423 e. The standard InChI is InChI=1S/C14H8ClF3N2O4/c15-7-1-4-12(21)9(5-7)13(22)19-8-2-3-11(20(23)24)10(6-8)14(16,17)18/h1-6,21H,(H,19,22). The van der Waals surface area contributed by atoms with E-state index < -0.39 is 34.0 Å². The van der Waals surface area contributed by atoms with Crippen molar-refractivity contribution in [3.63, 3.8) is 0 Å². The number of alkyl halides is 3. The van der Waals surface area contributed by atoms with E-state index in [1.54, 1.807) is 0 Å². The van der Waals surface area contributed by atoms with Crippen LogP contribution in [0.3, 0.4) is 0 Å². The first-order chi connectivity index (χ1) is 11.1. The smallest absolute Gasteiger partial charge is 0.423 e. The predicted octanol–water partition coefficient (Wildman–Crippen LogP) is 4.22. The van der Waals surface area contributed by atoms with Gasteiger partial charge < -0.3 is 10.4 Å². The minimum Gasteiger partial charge on any atom is -0.507 e. The number of benzene rings is 2. The lowest BCUT2D eigenvalue weighted by atomic mass is 10.1. The number of nitrogens with zero attached hydrogens (tertiary/aromatic N) is 1. The van der Waals surface area contributed by atoms with Crippen LogP contribution in [0.15, 0.2) is 36.4 Å². The van der Waals surface area contributed by atoms with E-state index in [4.69, 9.17) is 11.6 Å². The number of halogens is 4. The van der Waals surface area contributed by atoms with Crippen LogP contribution in [0.5, 0.6) is 5.75 Å². The summed E-state index contributed by atoms with van der Waals surface area (Å²) in [6.45, 7) is 0. The maximum atomic E-state index is 12.9. The first-order valence-electron chi connectivity index (χ1n) is 6.25. The van der Waals surface area contributed by atoms with Crippen LogP contribution in [0.4, 0.5) is 24.5 Å². The number of carbonyl (C=O) groups is 1. The fourth-order valence-electron chi connectivity index (χ4n) is 1.89. The number of hydrogen-bond acceptors (Lipinski definition) is 4. The van der Waals surface area contributed by atoms with Crippen molar-refractivity contribution >= 4 is 28.9 Å². The number of nitrogens with one attached hydrogen (secondary N) is 1. The molecule has 2 aromatic carbocycles. The summed E-state index contributed by atoms with van der Waals surface area (Å²) < 4.78 is 38.7. The zero-order valence-corrected chi connectivity index (χ0v) is 12.4. The number of amides is 1. The molecule has 0 saturated heterocycles. The van der Waals surface area contributed by atoms with Gasteiger partial charge in [0.05, 0.1) is 10.5 Å². The van der Waals surface area contributed by atoms with E-state index in [0.29, 0.717) is 12.1 Å². The molecule has 0 aliphatic heterocycles. The molecule has 0 spiro atoms. The van der Waals surface area contributed by atoms with Crippen LogP contribution < -0.4 is 5.32 Å². The number of rotatable bonds is 3. The molecule has 0 atom stereocenters. The molecule has 0 fully saturated rings. The van der Waals surface area contributed by atoms with Crippen molar-refractivity contribution in [3.8, 4) is 5.75 Å². The van der Waals surface area contributed by atoms with Crippen molar-refractivity contribution in [1.82, 2.24) is 0 Å². The van der Waals surface area contributed by atoms with Gasteiger partial charge in [-0.2, -0.15) is 13.2 Å². The third-order valence-corrected chi connectivity index (χ3v) is 3.19. The van der Waals surface area contributed by atoms with E-state index in [1.807, 2.05) is 0 Å². The SMILES string of the molecule is O=C(Nc1ccc([N+](=O)[O-])c(C(F)(F)F)c1)c1cc(Cl)ccc1O. The Morgan fingerprint density at radius 1 is 1.21 bits per heavy atom. The Labute approximate surface area is 137 Å². The van der Waals surface area contributed by atoms with Crippen molar-refractivity contribution in [2.45, 2.75) is 6.18 Å². The lowest BCUT2D eigenvalue weighted by molar-refractivity contribution is -0.388. The molecule has 126 valence electrons. The summed E-state index contributed by atoms with van der Waals surface area (Å²) in [5.74, 6) is -1.34. The van der Waals surface area contributed by atoms with Gasteiger partial charge in [0.2, 0.25) is 0 Å². The molecule has 2 N–H and O–H groups in total. The average Bonchev–Trinajstić information content (AvgIpc) is 2.48. The van der Waals surface area contributed by atoms with Gasteiger partial charge in [0.15, 0.2) is 0 Å². The number of carbonyl (C=O) groups excluding carboxylic acids is 1. The van der Waals surface area contributed by atoms with Crippen molar-refractivity contribution in [2.24, 2.45) is 0 Å². The van der Waals surface area contributed by atoms with Crippen molar-refractivity contribution < 1.29 is 28.0 Å². The number of aromatic hydroxyl groups is 1. The highest BCUT2D eigenvalue weighted by Crippen LogP contribution is 2.37. The third kappa shape index (κ3) is 3.74. The molecule has 10 heteroatoms. The highest BCUT2D eigenvalue weighted by Gasteiger charge is 2.38. The van der Waals surface area contributed by atoms with Gasteiger partial charge in [0.1, 0.15) is 11.3 Å². The molecule has 2 aromatic rings. The largest absolute Gasteiger partial charge is 0.507 e. The number of nitro groups is 1. The first-order valence-corrected chi connectivity index (χ1v) is 6.63. The normalized spacial score (nSPS) is 11.2. The summed E-state index contributed by atoms with van der Waals surface area (Å²) in [5.41, 5.74) is -3.21. The van der Waals surface area contributed by atoms with Gasteiger partial charge in [-0.05, 0) is 30.3 Å². The van der Waals surface area contributed by atoms with Gasteiger partial charge in [-0.15, -0.1) is 0 Å². The molecule has 0 unspecified atom stereocenters. The highest BCUT2D eigenvalue weighted by molar-refractivity contribution is 6.31. The van der Waals surface area contributed by atoms with E-state index in [0.717, 1.165) is 18.2 Å². The quantitative estimate of drug-likeness (QED) is 0.633. The molecule has 1 amide bonds. The summed E-state index contributed by atoms with van der Waals surface area (Å²) >= 11 is 5.69. The fraction of sp³-hybridized carbons (Fsp3) is 0.0714.